The van der Waals surface area contributed by atoms with Crippen LogP contribution in [-0.4, -0.2) is 56.3 Å². The molecule has 5 aromatic carbocycles. The fourth-order valence-electron chi connectivity index (χ4n) is 7.40. The lowest BCUT2D eigenvalue weighted by Gasteiger charge is -2.33. The second-order valence-corrected chi connectivity index (χ2v) is 17.6. The molecular formula is C49H60N6O5S. The lowest BCUT2D eigenvalue weighted by molar-refractivity contribution is -0.110. The fourth-order valence-corrected chi connectivity index (χ4v) is 9.05. The van der Waals surface area contributed by atoms with Gasteiger partial charge in [-0.2, -0.15) is 0 Å². The molecule has 61 heavy (non-hydrogen) atoms. The number of fused-ring (bicyclic) bond motifs is 2. The first kappa shape index (κ1) is 44.8. The predicted molar refractivity (Wildman–Crippen MR) is 251 cm³/mol. The SMILES string of the molecule is CCCCC(CC)CN1C(C(=Nc2ccc(NCC)cc2C)C(=O)Nc2cc(NCOC(CC)Oc3ccc(C)cc3C)ccc2C)=Nc2cc3ccccc3cc2S1(=O)=O. The number of unbranched alkanes of at least 4 members (excludes halogenated alkanes) is 1. The number of hydrogen-bond donors (Lipinski definition) is 3. The van der Waals surface area contributed by atoms with Gasteiger partial charge in [0.25, 0.3) is 15.9 Å². The highest BCUT2D eigenvalue weighted by atomic mass is 32.2. The predicted octanol–water partition coefficient (Wildman–Crippen LogP) is 11.4. The largest absolute Gasteiger partial charge is 0.465 e. The summed E-state index contributed by atoms with van der Waals surface area (Å²) in [6, 6.07) is 28.5. The summed E-state index contributed by atoms with van der Waals surface area (Å²) in [5.41, 5.74) is 6.63. The Morgan fingerprint density at radius 3 is 2.23 bits per heavy atom. The maximum Gasteiger partial charge on any atom is 0.278 e. The van der Waals surface area contributed by atoms with E-state index in [1.165, 1.54) is 4.31 Å². The molecule has 2 atom stereocenters. The van der Waals surface area contributed by atoms with E-state index >= 15 is 0 Å². The van der Waals surface area contributed by atoms with Crippen LogP contribution in [0.5, 0.6) is 5.75 Å². The van der Waals surface area contributed by atoms with Gasteiger partial charge in [0.05, 0.1) is 11.4 Å². The monoisotopic (exact) mass is 844 g/mol. The number of ether oxygens (including phenoxy) is 2. The van der Waals surface area contributed by atoms with Gasteiger partial charge in [0.2, 0.25) is 6.29 Å². The van der Waals surface area contributed by atoms with Crippen LogP contribution in [-0.2, 0) is 19.6 Å². The molecule has 322 valence electrons. The molecule has 11 nitrogen and oxygen atoms in total. The molecule has 0 saturated carbocycles. The molecule has 0 spiro atoms. The highest BCUT2D eigenvalue weighted by molar-refractivity contribution is 7.90. The summed E-state index contributed by atoms with van der Waals surface area (Å²) in [5, 5.41) is 11.3. The van der Waals surface area contributed by atoms with Gasteiger partial charge in [-0.15, -0.1) is 0 Å². The number of carbonyl (C=O) groups excluding carboxylic acids is 1. The Kier molecular flexibility index (Phi) is 14.9. The number of anilines is 3. The number of aliphatic imine (C=N–C) groups is 2. The molecule has 1 amide bonds. The highest BCUT2D eigenvalue weighted by Gasteiger charge is 2.40. The molecule has 6 rings (SSSR count). The van der Waals surface area contributed by atoms with Crippen LogP contribution in [0.2, 0.25) is 0 Å². The van der Waals surface area contributed by atoms with Gasteiger partial charge in [0.1, 0.15) is 17.4 Å². The van der Waals surface area contributed by atoms with Crippen LogP contribution in [0, 0.1) is 33.6 Å². The zero-order valence-corrected chi connectivity index (χ0v) is 37.6. The van der Waals surface area contributed by atoms with E-state index in [-0.39, 0.29) is 41.3 Å². The molecule has 3 N–H and O–H groups in total. The number of benzene rings is 5. The summed E-state index contributed by atoms with van der Waals surface area (Å²) < 4.78 is 43.4. The molecule has 0 radical (unpaired) electrons. The van der Waals surface area contributed by atoms with Crippen LogP contribution < -0.4 is 20.7 Å². The Bertz CT molecular complexity index is 2540. The third kappa shape index (κ3) is 10.8. The van der Waals surface area contributed by atoms with E-state index in [0.29, 0.717) is 23.5 Å². The first-order chi connectivity index (χ1) is 29.3. The molecule has 0 aliphatic carbocycles. The molecule has 2 unspecified atom stereocenters. The van der Waals surface area contributed by atoms with E-state index in [4.69, 9.17) is 19.5 Å². The number of rotatable bonds is 19. The number of amides is 1. The normalized spacial score (nSPS) is 14.5. The summed E-state index contributed by atoms with van der Waals surface area (Å²) in [5.74, 6) is 0.193. The zero-order valence-electron chi connectivity index (χ0n) is 36.8. The number of carbonyl (C=O) groups is 1. The second kappa shape index (κ2) is 20.2. The second-order valence-electron chi connectivity index (χ2n) is 15.7. The van der Waals surface area contributed by atoms with Gasteiger partial charge in [-0.3, -0.25) is 4.79 Å². The van der Waals surface area contributed by atoms with Crippen molar-refractivity contribution in [1.82, 2.24) is 4.31 Å². The van der Waals surface area contributed by atoms with Crippen molar-refractivity contribution in [3.8, 4) is 5.75 Å². The molecule has 0 aromatic heterocycles. The Labute approximate surface area is 361 Å². The highest BCUT2D eigenvalue weighted by Crippen LogP contribution is 2.38. The Hall–Kier alpha value is -5.72. The van der Waals surface area contributed by atoms with Crippen LogP contribution in [0.1, 0.15) is 82.1 Å². The van der Waals surface area contributed by atoms with Gasteiger partial charge in [0.15, 0.2) is 11.5 Å². The van der Waals surface area contributed by atoms with Crippen LogP contribution in [0.3, 0.4) is 0 Å². The third-order valence-corrected chi connectivity index (χ3v) is 12.8. The van der Waals surface area contributed by atoms with Crippen LogP contribution in [0.15, 0.2) is 106 Å². The van der Waals surface area contributed by atoms with Crippen molar-refractivity contribution in [2.24, 2.45) is 15.9 Å². The van der Waals surface area contributed by atoms with Crippen molar-refractivity contribution in [1.29, 1.82) is 0 Å². The number of aryl methyl sites for hydroxylation is 4. The van der Waals surface area contributed by atoms with Crippen LogP contribution in [0.4, 0.5) is 28.4 Å². The topological polar surface area (TPSA) is 134 Å². The standard InChI is InChI=1S/C49H60N6O5S/c1-9-13-16-36(10-2)30-55-48(53-43-27-37-17-14-15-18-38(37)28-45(43)61(55,57)58)47(52-41-23-22-39(50-12-4)26-34(41)7)49(56)54-42-29-40(21-20-33(42)6)51-31-59-46(11-3)60-44-24-19-32(5)25-35(44)8/h14-15,17-29,36,46,50-51H,9-13,16,30-31H2,1-8H3,(H,54,56). The van der Waals surface area contributed by atoms with Gasteiger partial charge in [-0.25, -0.2) is 22.7 Å². The van der Waals surface area contributed by atoms with Gasteiger partial charge < -0.3 is 25.4 Å². The van der Waals surface area contributed by atoms with Crippen molar-refractivity contribution >= 4 is 66.7 Å². The van der Waals surface area contributed by atoms with Crippen LogP contribution >= 0.6 is 0 Å². The smallest absolute Gasteiger partial charge is 0.278 e. The minimum Gasteiger partial charge on any atom is -0.465 e. The number of nitrogens with zero attached hydrogens (tertiary/aromatic N) is 3. The van der Waals surface area contributed by atoms with Crippen molar-refractivity contribution in [2.75, 3.05) is 35.8 Å². The minimum atomic E-state index is -4.18. The quantitative estimate of drug-likeness (QED) is 0.0556. The summed E-state index contributed by atoms with van der Waals surface area (Å²) >= 11 is 0. The molecule has 12 heteroatoms. The van der Waals surface area contributed by atoms with Gasteiger partial charge in [-0.1, -0.05) is 88.1 Å². The summed E-state index contributed by atoms with van der Waals surface area (Å²) in [6.07, 6.45) is 3.69. The van der Waals surface area contributed by atoms with E-state index in [2.05, 4.69) is 35.9 Å². The van der Waals surface area contributed by atoms with Crippen molar-refractivity contribution in [2.45, 2.75) is 98.7 Å². The van der Waals surface area contributed by atoms with Crippen molar-refractivity contribution in [3.63, 3.8) is 0 Å². The summed E-state index contributed by atoms with van der Waals surface area (Å²) in [6.45, 7) is 17.2. The molecule has 0 bridgehead atoms. The maximum atomic E-state index is 14.9. The summed E-state index contributed by atoms with van der Waals surface area (Å²) in [4.78, 5) is 25.1. The van der Waals surface area contributed by atoms with E-state index < -0.39 is 22.2 Å². The van der Waals surface area contributed by atoms with E-state index in [1.54, 1.807) is 12.1 Å². The Morgan fingerprint density at radius 2 is 1.54 bits per heavy atom. The number of amidine groups is 1. The fraction of sp³-hybridized carbons (Fsp3) is 0.367. The first-order valence-electron chi connectivity index (χ1n) is 21.4. The van der Waals surface area contributed by atoms with E-state index in [9.17, 15) is 13.2 Å². The lowest BCUT2D eigenvalue weighted by atomic mass is 9.99. The number of sulfonamides is 1. The molecule has 0 fully saturated rings. The Balaban J connectivity index is 1.38. The van der Waals surface area contributed by atoms with Gasteiger partial charge in [-0.05, 0) is 123 Å². The molecule has 1 heterocycles. The maximum absolute atomic E-state index is 14.9. The van der Waals surface area contributed by atoms with Crippen LogP contribution in [0.25, 0.3) is 10.8 Å². The first-order valence-corrected chi connectivity index (χ1v) is 22.9. The Morgan fingerprint density at radius 1 is 0.803 bits per heavy atom. The average molecular weight is 845 g/mol. The van der Waals surface area contributed by atoms with E-state index in [1.807, 2.05) is 114 Å². The number of nitrogens with one attached hydrogen (secondary N) is 3. The molecular weight excluding hydrogens is 785 g/mol. The zero-order chi connectivity index (χ0) is 43.7. The molecule has 0 saturated heterocycles. The average Bonchev–Trinajstić information content (AvgIpc) is 3.24. The van der Waals surface area contributed by atoms with Crippen molar-refractivity contribution in [3.05, 3.63) is 113 Å². The van der Waals surface area contributed by atoms with Crippen molar-refractivity contribution < 1.29 is 22.7 Å². The molecule has 5 aromatic rings. The molecule has 1 aliphatic rings. The lowest BCUT2D eigenvalue weighted by Crippen LogP contribution is -2.48. The van der Waals surface area contributed by atoms with E-state index in [0.717, 1.165) is 76.7 Å². The number of hydrogen-bond acceptors (Lipinski definition) is 9. The third-order valence-electron chi connectivity index (χ3n) is 11.0. The molecule has 1 aliphatic heterocycles. The minimum absolute atomic E-state index is 0.0138. The summed E-state index contributed by atoms with van der Waals surface area (Å²) in [7, 11) is -4.18. The van der Waals surface area contributed by atoms with Gasteiger partial charge >= 0.3 is 0 Å². The van der Waals surface area contributed by atoms with Gasteiger partial charge in [0, 0.05) is 36.6 Å².